The number of methoxy groups -OCH3 is 1. The van der Waals surface area contributed by atoms with E-state index in [0.29, 0.717) is 29.5 Å². The minimum atomic E-state index is -0.157. The number of aromatic nitrogens is 3. The van der Waals surface area contributed by atoms with Crippen molar-refractivity contribution in [2.75, 3.05) is 33.4 Å². The lowest BCUT2D eigenvalue weighted by Crippen LogP contribution is -2.47. The van der Waals surface area contributed by atoms with Crippen LogP contribution in [-0.2, 0) is 4.74 Å². The molecule has 1 saturated heterocycles. The predicted octanol–water partition coefficient (Wildman–Crippen LogP) is 1.35. The van der Waals surface area contributed by atoms with Crippen molar-refractivity contribution < 1.29 is 9.53 Å². The molecule has 24 heavy (non-hydrogen) atoms. The summed E-state index contributed by atoms with van der Waals surface area (Å²) in [5, 5.41) is 8.82. The second-order valence-electron chi connectivity index (χ2n) is 5.99. The Morgan fingerprint density at radius 2 is 2.25 bits per heavy atom. The van der Waals surface area contributed by atoms with Gasteiger partial charge in [0.15, 0.2) is 0 Å². The molecule has 2 N–H and O–H groups in total. The van der Waals surface area contributed by atoms with Crippen molar-refractivity contribution in [3.05, 3.63) is 29.7 Å². The molecule has 128 valence electrons. The zero-order valence-corrected chi connectivity index (χ0v) is 14.4. The third-order valence-corrected chi connectivity index (χ3v) is 5.12. The topological polar surface area (TPSA) is 89.0 Å². The summed E-state index contributed by atoms with van der Waals surface area (Å²) in [6.07, 6.45) is 6.84. The van der Waals surface area contributed by atoms with Crippen molar-refractivity contribution in [2.24, 2.45) is 5.41 Å². The third kappa shape index (κ3) is 3.95. The van der Waals surface area contributed by atoms with Gasteiger partial charge in [-0.15, -0.1) is 11.3 Å². The van der Waals surface area contributed by atoms with E-state index in [1.165, 1.54) is 11.3 Å². The Balaban J connectivity index is 1.63. The van der Waals surface area contributed by atoms with Gasteiger partial charge in [-0.2, -0.15) is 0 Å². The van der Waals surface area contributed by atoms with Crippen LogP contribution in [0, 0.1) is 5.41 Å². The highest BCUT2D eigenvalue weighted by atomic mass is 32.1. The molecule has 2 aromatic rings. The molecule has 3 heterocycles. The first-order chi connectivity index (χ1) is 11.7. The van der Waals surface area contributed by atoms with E-state index in [2.05, 4.69) is 25.6 Å². The Bertz CT molecular complexity index is 665. The second-order valence-corrected chi connectivity index (χ2v) is 6.85. The van der Waals surface area contributed by atoms with Crippen molar-refractivity contribution in [1.29, 1.82) is 0 Å². The Labute approximate surface area is 144 Å². The van der Waals surface area contributed by atoms with E-state index in [-0.39, 0.29) is 11.3 Å². The average molecular weight is 347 g/mol. The molecule has 2 aromatic heterocycles. The molecule has 8 heteroatoms. The van der Waals surface area contributed by atoms with Gasteiger partial charge >= 0.3 is 0 Å². The maximum atomic E-state index is 12.4. The number of rotatable bonds is 6. The highest BCUT2D eigenvalue weighted by Gasteiger charge is 2.32. The molecule has 0 atom stereocenters. The van der Waals surface area contributed by atoms with Gasteiger partial charge in [0.05, 0.1) is 12.8 Å². The number of hydrogen-bond donors (Lipinski definition) is 2. The van der Waals surface area contributed by atoms with Gasteiger partial charge in [0.2, 0.25) is 0 Å². The first-order valence-corrected chi connectivity index (χ1v) is 8.80. The summed E-state index contributed by atoms with van der Waals surface area (Å²) in [5.74, 6) is -0.157. The number of hydrogen-bond acceptors (Lipinski definition) is 7. The standard InChI is InChI=1S/C16H21N5O2S/c1-23-11-16(2-4-17-5-3-16)10-20-14(22)13-9-24-15(21-13)12-8-18-6-7-19-12/h6-9,17H,2-5,10-11H2,1H3,(H,20,22). The van der Waals surface area contributed by atoms with Gasteiger partial charge in [-0.1, -0.05) is 0 Å². The van der Waals surface area contributed by atoms with Crippen LogP contribution >= 0.6 is 11.3 Å². The number of piperidine rings is 1. The molecule has 1 aliphatic rings. The molecule has 1 amide bonds. The molecule has 1 aliphatic heterocycles. The number of thiazole rings is 1. The fourth-order valence-electron chi connectivity index (χ4n) is 2.90. The zero-order chi connectivity index (χ0) is 16.8. The van der Waals surface area contributed by atoms with E-state index in [0.717, 1.165) is 25.9 Å². The first kappa shape index (κ1) is 16.9. The summed E-state index contributed by atoms with van der Waals surface area (Å²) in [6, 6.07) is 0. The van der Waals surface area contributed by atoms with Crippen LogP contribution in [0.5, 0.6) is 0 Å². The molecule has 1 fully saturated rings. The number of amides is 1. The van der Waals surface area contributed by atoms with Gasteiger partial charge in [-0.25, -0.2) is 4.98 Å². The zero-order valence-electron chi connectivity index (χ0n) is 13.6. The molecule has 0 aromatic carbocycles. The van der Waals surface area contributed by atoms with Gasteiger partial charge in [0.25, 0.3) is 5.91 Å². The van der Waals surface area contributed by atoms with E-state index in [9.17, 15) is 4.79 Å². The lowest BCUT2D eigenvalue weighted by atomic mass is 9.79. The molecular formula is C16H21N5O2S. The van der Waals surface area contributed by atoms with Crippen molar-refractivity contribution >= 4 is 17.2 Å². The summed E-state index contributed by atoms with van der Waals surface area (Å²) in [6.45, 7) is 3.15. The molecule has 0 aliphatic carbocycles. The molecule has 3 rings (SSSR count). The fourth-order valence-corrected chi connectivity index (χ4v) is 3.66. The summed E-state index contributed by atoms with van der Waals surface area (Å²) in [4.78, 5) is 25.0. The number of carbonyl (C=O) groups is 1. The van der Waals surface area contributed by atoms with Crippen LogP contribution in [-0.4, -0.2) is 54.2 Å². The van der Waals surface area contributed by atoms with E-state index >= 15 is 0 Å². The molecule has 0 unspecified atom stereocenters. The van der Waals surface area contributed by atoms with Gasteiger partial charge in [-0.05, 0) is 25.9 Å². The Morgan fingerprint density at radius 3 is 2.96 bits per heavy atom. The van der Waals surface area contributed by atoms with E-state index in [4.69, 9.17) is 4.74 Å². The molecular weight excluding hydrogens is 326 g/mol. The van der Waals surface area contributed by atoms with Crippen LogP contribution in [0.1, 0.15) is 23.3 Å². The maximum absolute atomic E-state index is 12.4. The van der Waals surface area contributed by atoms with Crippen LogP contribution < -0.4 is 10.6 Å². The smallest absolute Gasteiger partial charge is 0.270 e. The predicted molar refractivity (Wildman–Crippen MR) is 91.9 cm³/mol. The average Bonchev–Trinajstić information content (AvgIpc) is 3.12. The monoisotopic (exact) mass is 347 g/mol. The van der Waals surface area contributed by atoms with Gasteiger partial charge < -0.3 is 15.4 Å². The van der Waals surface area contributed by atoms with Gasteiger partial charge in [0.1, 0.15) is 16.4 Å². The number of nitrogens with one attached hydrogen (secondary N) is 2. The van der Waals surface area contributed by atoms with Crippen molar-refractivity contribution in [3.63, 3.8) is 0 Å². The number of carbonyl (C=O) groups excluding carboxylic acids is 1. The van der Waals surface area contributed by atoms with Crippen LogP contribution in [0.3, 0.4) is 0 Å². The summed E-state index contributed by atoms with van der Waals surface area (Å²) in [7, 11) is 1.71. The van der Waals surface area contributed by atoms with Crippen molar-refractivity contribution in [1.82, 2.24) is 25.6 Å². The first-order valence-electron chi connectivity index (χ1n) is 7.92. The molecule has 0 radical (unpaired) electrons. The Hall–Kier alpha value is -1.90. The third-order valence-electron chi connectivity index (χ3n) is 4.26. The van der Waals surface area contributed by atoms with Crippen LogP contribution in [0.25, 0.3) is 10.7 Å². The largest absolute Gasteiger partial charge is 0.384 e. The fraction of sp³-hybridized carbons (Fsp3) is 0.500. The van der Waals surface area contributed by atoms with Gasteiger partial charge in [0, 0.05) is 36.8 Å². The Kier molecular flexibility index (Phi) is 5.49. The SMILES string of the molecule is COCC1(CNC(=O)c2csc(-c3cnccn3)n2)CCNCC1. The number of nitrogens with zero attached hydrogens (tertiary/aromatic N) is 3. The lowest BCUT2D eigenvalue weighted by Gasteiger charge is -2.37. The quantitative estimate of drug-likeness (QED) is 0.820. The Morgan fingerprint density at radius 1 is 1.42 bits per heavy atom. The van der Waals surface area contributed by atoms with Gasteiger partial charge in [-0.3, -0.25) is 14.8 Å². The van der Waals surface area contributed by atoms with E-state index < -0.39 is 0 Å². The number of ether oxygens (including phenoxy) is 1. The highest BCUT2D eigenvalue weighted by molar-refractivity contribution is 7.13. The van der Waals surface area contributed by atoms with Crippen molar-refractivity contribution in [3.8, 4) is 10.7 Å². The van der Waals surface area contributed by atoms with Crippen molar-refractivity contribution in [2.45, 2.75) is 12.8 Å². The maximum Gasteiger partial charge on any atom is 0.270 e. The summed E-state index contributed by atoms with van der Waals surface area (Å²) < 4.78 is 5.38. The van der Waals surface area contributed by atoms with E-state index in [1.807, 2.05) is 0 Å². The van der Waals surface area contributed by atoms with Crippen LogP contribution in [0.15, 0.2) is 24.0 Å². The highest BCUT2D eigenvalue weighted by Crippen LogP contribution is 2.28. The summed E-state index contributed by atoms with van der Waals surface area (Å²) >= 11 is 1.39. The van der Waals surface area contributed by atoms with E-state index in [1.54, 1.807) is 31.1 Å². The molecule has 0 spiro atoms. The molecule has 0 bridgehead atoms. The summed E-state index contributed by atoms with van der Waals surface area (Å²) in [5.41, 5.74) is 1.09. The lowest BCUT2D eigenvalue weighted by molar-refractivity contribution is 0.0511. The second kappa shape index (κ2) is 7.78. The van der Waals surface area contributed by atoms with Crippen LogP contribution in [0.4, 0.5) is 0 Å². The minimum absolute atomic E-state index is 0.000578. The minimum Gasteiger partial charge on any atom is -0.384 e. The van der Waals surface area contributed by atoms with Crippen LogP contribution in [0.2, 0.25) is 0 Å². The molecule has 0 saturated carbocycles. The molecule has 7 nitrogen and oxygen atoms in total. The normalized spacial score (nSPS) is 16.7.